The van der Waals surface area contributed by atoms with Crippen LogP contribution in [0.15, 0.2) is 33.9 Å². The van der Waals surface area contributed by atoms with Crippen molar-refractivity contribution in [1.82, 2.24) is 0 Å². The van der Waals surface area contributed by atoms with E-state index in [1.807, 2.05) is 38.3 Å². The monoisotopic (exact) mass is 474 g/mol. The van der Waals surface area contributed by atoms with Gasteiger partial charge >= 0.3 is 5.97 Å². The van der Waals surface area contributed by atoms with Crippen molar-refractivity contribution in [2.45, 2.75) is 88.6 Å². The van der Waals surface area contributed by atoms with Crippen LogP contribution in [-0.4, -0.2) is 27.7 Å². The number of benzene rings is 1. The van der Waals surface area contributed by atoms with Gasteiger partial charge in [0.2, 0.25) is 0 Å². The summed E-state index contributed by atoms with van der Waals surface area (Å²) in [7, 11) is 0. The van der Waals surface area contributed by atoms with Crippen molar-refractivity contribution in [3.8, 4) is 0 Å². The van der Waals surface area contributed by atoms with Gasteiger partial charge in [-0.05, 0) is 76.2 Å². The van der Waals surface area contributed by atoms with Crippen molar-refractivity contribution >= 4 is 34.9 Å². The highest BCUT2D eigenvalue weighted by Gasteiger charge is 2.49. The van der Waals surface area contributed by atoms with E-state index >= 15 is 0 Å². The Morgan fingerprint density at radius 2 is 2.00 bits per heavy atom. The van der Waals surface area contributed by atoms with E-state index in [2.05, 4.69) is 32.2 Å². The molecule has 1 N–H and O–H groups in total. The van der Waals surface area contributed by atoms with E-state index < -0.39 is 16.8 Å². The highest BCUT2D eigenvalue weighted by atomic mass is 32.2. The van der Waals surface area contributed by atoms with Gasteiger partial charge in [-0.1, -0.05) is 40.7 Å². The van der Waals surface area contributed by atoms with Gasteiger partial charge in [0.1, 0.15) is 5.60 Å². The molecule has 0 bridgehead atoms. The second-order valence-electron chi connectivity index (χ2n) is 10.1. The minimum Gasteiger partial charge on any atom is -0.457 e. The molecule has 0 aliphatic carbocycles. The Balaban J connectivity index is 1.85. The van der Waals surface area contributed by atoms with Gasteiger partial charge in [-0.25, -0.2) is 0 Å². The predicted molar refractivity (Wildman–Crippen MR) is 131 cm³/mol. The third kappa shape index (κ3) is 5.29. The maximum absolute atomic E-state index is 13.3. The Bertz CT molecular complexity index is 952. The lowest BCUT2D eigenvalue weighted by Crippen LogP contribution is -2.52. The number of aryl methyl sites for hydroxylation is 2. The normalized spacial score (nSPS) is 21.8. The minimum atomic E-state index is -0.858. The lowest BCUT2D eigenvalue weighted by molar-refractivity contribution is -0.176. The number of thiophene rings is 1. The molecule has 3 rings (SSSR count). The number of rotatable bonds is 7. The highest BCUT2D eigenvalue weighted by Crippen LogP contribution is 2.42. The maximum Gasteiger partial charge on any atom is 0.327 e. The molecule has 0 radical (unpaired) electrons. The summed E-state index contributed by atoms with van der Waals surface area (Å²) in [5, 5.41) is 13.0. The molecule has 2 aromatic rings. The minimum absolute atomic E-state index is 0.0364. The average Bonchev–Trinajstić information content (AvgIpc) is 3.22. The number of carbonyl (C=O) groups excluding carboxylic acids is 2. The van der Waals surface area contributed by atoms with Crippen LogP contribution in [0.25, 0.3) is 0 Å². The lowest BCUT2D eigenvalue weighted by Gasteiger charge is -2.41. The zero-order chi connectivity index (χ0) is 23.7. The number of cyclic esters (lactones) is 1. The van der Waals surface area contributed by atoms with E-state index in [9.17, 15) is 14.7 Å². The van der Waals surface area contributed by atoms with E-state index in [0.717, 1.165) is 28.0 Å². The molecular weight excluding hydrogens is 440 g/mol. The standard InChI is InChI=1S/C26H34O4S2/c1-16(2)26(9-7-18-8-10-31-15-18)13-21(28)23(24(29)30-26)32-22-11-17(3)19(14-27)12-20(22)25(4,5)6/h8,10-12,15-16,23,27H,7,9,13-14H2,1-6H3/t23?,26-/m0/s1. The Labute approximate surface area is 199 Å². The SMILES string of the molecule is Cc1cc(SC2C(=O)C[C@@](CCc3ccsc3)(C(C)C)OC2=O)c(C(C)(C)C)cc1CO. The van der Waals surface area contributed by atoms with Gasteiger partial charge in [-0.3, -0.25) is 9.59 Å². The number of hydrogen-bond donors (Lipinski definition) is 1. The van der Waals surface area contributed by atoms with Crippen LogP contribution in [0.2, 0.25) is 0 Å². The number of ether oxygens (including phenoxy) is 1. The van der Waals surface area contributed by atoms with Gasteiger partial charge in [0.25, 0.3) is 0 Å². The summed E-state index contributed by atoms with van der Waals surface area (Å²) < 4.78 is 6.07. The molecular formula is C26H34O4S2. The summed E-state index contributed by atoms with van der Waals surface area (Å²) >= 11 is 2.94. The average molecular weight is 475 g/mol. The van der Waals surface area contributed by atoms with Gasteiger partial charge in [0, 0.05) is 11.3 Å². The third-order valence-corrected chi connectivity index (χ3v) is 8.43. The van der Waals surface area contributed by atoms with Gasteiger partial charge in [-0.15, -0.1) is 11.8 Å². The second kappa shape index (κ2) is 9.70. The molecule has 1 saturated heterocycles. The van der Waals surface area contributed by atoms with Crippen LogP contribution in [-0.2, 0) is 32.8 Å². The third-order valence-electron chi connectivity index (χ3n) is 6.41. The summed E-state index contributed by atoms with van der Waals surface area (Å²) in [4.78, 5) is 27.4. The fourth-order valence-electron chi connectivity index (χ4n) is 4.17. The van der Waals surface area contributed by atoms with E-state index in [1.54, 1.807) is 11.3 Å². The van der Waals surface area contributed by atoms with Crippen LogP contribution in [0.3, 0.4) is 0 Å². The first-order valence-electron chi connectivity index (χ1n) is 11.1. The molecule has 0 spiro atoms. The molecule has 1 aliphatic rings. The molecule has 1 aromatic carbocycles. The van der Waals surface area contributed by atoms with Crippen LogP contribution in [0.4, 0.5) is 0 Å². The predicted octanol–water partition coefficient (Wildman–Crippen LogP) is 5.85. The van der Waals surface area contributed by atoms with Crippen LogP contribution >= 0.6 is 23.1 Å². The van der Waals surface area contributed by atoms with Gasteiger partial charge in [0.15, 0.2) is 11.0 Å². The first-order chi connectivity index (χ1) is 15.0. The second-order valence-corrected chi connectivity index (χ2v) is 12.0. The van der Waals surface area contributed by atoms with Crippen molar-refractivity contribution < 1.29 is 19.4 Å². The molecule has 2 heterocycles. The van der Waals surface area contributed by atoms with E-state index in [1.165, 1.54) is 17.3 Å². The summed E-state index contributed by atoms with van der Waals surface area (Å²) in [6.45, 7) is 12.2. The molecule has 32 heavy (non-hydrogen) atoms. The molecule has 4 nitrogen and oxygen atoms in total. The highest BCUT2D eigenvalue weighted by molar-refractivity contribution is 8.01. The molecule has 174 valence electrons. The number of esters is 1. The largest absolute Gasteiger partial charge is 0.457 e. The molecule has 1 unspecified atom stereocenters. The number of hydrogen-bond acceptors (Lipinski definition) is 6. The molecule has 2 atom stereocenters. The molecule has 1 aromatic heterocycles. The molecule has 0 amide bonds. The number of ketones is 1. The van der Waals surface area contributed by atoms with E-state index in [0.29, 0.717) is 6.42 Å². The summed E-state index contributed by atoms with van der Waals surface area (Å²) in [5.74, 6) is -0.445. The number of carbonyl (C=O) groups is 2. The lowest BCUT2D eigenvalue weighted by atomic mass is 9.78. The summed E-state index contributed by atoms with van der Waals surface area (Å²) in [6.07, 6.45) is 1.68. The van der Waals surface area contributed by atoms with Crippen molar-refractivity contribution in [3.05, 3.63) is 51.2 Å². The Hall–Kier alpha value is -1.63. The van der Waals surface area contributed by atoms with Crippen LogP contribution < -0.4 is 0 Å². The number of aliphatic hydroxyl groups is 1. The van der Waals surface area contributed by atoms with E-state index in [4.69, 9.17) is 4.74 Å². The molecule has 6 heteroatoms. The van der Waals surface area contributed by atoms with Gasteiger partial charge in [0.05, 0.1) is 6.61 Å². The number of Topliss-reactive ketones (excluding diaryl/α,β-unsaturated/α-hetero) is 1. The summed E-state index contributed by atoms with van der Waals surface area (Å²) in [6, 6.07) is 6.06. The van der Waals surface area contributed by atoms with Crippen LogP contribution in [0.1, 0.15) is 69.7 Å². The van der Waals surface area contributed by atoms with Crippen molar-refractivity contribution in [3.63, 3.8) is 0 Å². The van der Waals surface area contributed by atoms with Crippen molar-refractivity contribution in [2.24, 2.45) is 5.92 Å². The van der Waals surface area contributed by atoms with Gasteiger partial charge in [-0.2, -0.15) is 11.3 Å². The zero-order valence-corrected chi connectivity index (χ0v) is 21.5. The first-order valence-corrected chi connectivity index (χ1v) is 13.0. The maximum atomic E-state index is 13.3. The van der Waals surface area contributed by atoms with Crippen LogP contribution in [0.5, 0.6) is 0 Å². The smallest absolute Gasteiger partial charge is 0.327 e. The molecule has 0 saturated carbocycles. The fourth-order valence-corrected chi connectivity index (χ4v) is 6.22. The Morgan fingerprint density at radius 3 is 2.53 bits per heavy atom. The molecule has 1 fully saturated rings. The Morgan fingerprint density at radius 1 is 1.28 bits per heavy atom. The van der Waals surface area contributed by atoms with Gasteiger partial charge < -0.3 is 9.84 Å². The fraction of sp³-hybridized carbons (Fsp3) is 0.538. The Kier molecular flexibility index (Phi) is 7.58. The van der Waals surface area contributed by atoms with Crippen molar-refractivity contribution in [1.29, 1.82) is 0 Å². The molecule has 1 aliphatic heterocycles. The topological polar surface area (TPSA) is 63.6 Å². The van der Waals surface area contributed by atoms with Crippen molar-refractivity contribution in [2.75, 3.05) is 0 Å². The summed E-state index contributed by atoms with van der Waals surface area (Å²) in [5.41, 5.74) is 3.11. The first kappa shape index (κ1) is 25.0. The van der Waals surface area contributed by atoms with E-state index in [-0.39, 0.29) is 30.1 Å². The zero-order valence-electron chi connectivity index (χ0n) is 19.9. The number of aliphatic hydroxyl groups excluding tert-OH is 1. The number of thioether (sulfide) groups is 1. The quantitative estimate of drug-likeness (QED) is 0.403. The van der Waals surface area contributed by atoms with Crippen LogP contribution in [0, 0.1) is 12.8 Å².